The summed E-state index contributed by atoms with van der Waals surface area (Å²) in [5, 5.41) is 3.10. The van der Waals surface area contributed by atoms with Crippen molar-refractivity contribution in [1.29, 1.82) is 0 Å². The molecule has 0 saturated heterocycles. The molecule has 1 aliphatic carbocycles. The van der Waals surface area contributed by atoms with Gasteiger partial charge in [-0.2, -0.15) is 0 Å². The number of aryl methyl sites for hydroxylation is 2. The van der Waals surface area contributed by atoms with Crippen molar-refractivity contribution in [3.63, 3.8) is 0 Å². The van der Waals surface area contributed by atoms with E-state index in [2.05, 4.69) is 36.5 Å². The number of hydrogen-bond donors (Lipinski definition) is 1. The SMILES string of the molecule is C1CC1.CCCN(CCC)C(=O)c1cc(C)cc(C(=O)NC(Cc2cc(F)cc(F)c2)C(C)CCOCCc2ccc(C)cc2)c1. The van der Waals surface area contributed by atoms with E-state index in [1.807, 2.05) is 32.6 Å². The fourth-order valence-corrected chi connectivity index (χ4v) is 5.22. The summed E-state index contributed by atoms with van der Waals surface area (Å²) in [5.74, 6) is -1.78. The molecule has 4 rings (SSSR count). The van der Waals surface area contributed by atoms with E-state index in [4.69, 9.17) is 4.74 Å². The van der Waals surface area contributed by atoms with Gasteiger partial charge in [0, 0.05) is 42.9 Å². The summed E-state index contributed by atoms with van der Waals surface area (Å²) in [4.78, 5) is 28.7. The van der Waals surface area contributed by atoms with E-state index >= 15 is 0 Å². The van der Waals surface area contributed by atoms with Gasteiger partial charge in [0.25, 0.3) is 11.8 Å². The molecular formula is C39H52F2N2O3. The third-order valence-electron chi connectivity index (χ3n) is 7.97. The van der Waals surface area contributed by atoms with E-state index in [-0.39, 0.29) is 24.2 Å². The van der Waals surface area contributed by atoms with Crippen LogP contribution in [0.15, 0.2) is 60.7 Å². The van der Waals surface area contributed by atoms with Crippen molar-refractivity contribution in [2.75, 3.05) is 26.3 Å². The number of nitrogens with one attached hydrogen (secondary N) is 1. The van der Waals surface area contributed by atoms with Crippen molar-refractivity contribution in [2.24, 2.45) is 5.92 Å². The van der Waals surface area contributed by atoms with Crippen molar-refractivity contribution >= 4 is 11.8 Å². The minimum atomic E-state index is -0.655. The summed E-state index contributed by atoms with van der Waals surface area (Å²) in [6.07, 6.45) is 7.90. The van der Waals surface area contributed by atoms with E-state index in [0.717, 1.165) is 30.9 Å². The first-order valence-electron chi connectivity index (χ1n) is 16.9. The molecule has 2 unspecified atom stereocenters. The summed E-state index contributed by atoms with van der Waals surface area (Å²) in [7, 11) is 0. The van der Waals surface area contributed by atoms with Gasteiger partial charge in [-0.05, 0) is 98.9 Å². The van der Waals surface area contributed by atoms with Gasteiger partial charge in [-0.3, -0.25) is 9.59 Å². The summed E-state index contributed by atoms with van der Waals surface area (Å²) in [6.45, 7) is 12.4. The molecule has 3 aromatic rings. The molecule has 5 nitrogen and oxygen atoms in total. The second-order valence-electron chi connectivity index (χ2n) is 12.6. The molecule has 1 N–H and O–H groups in total. The van der Waals surface area contributed by atoms with E-state index in [1.54, 1.807) is 18.2 Å². The fourth-order valence-electron chi connectivity index (χ4n) is 5.22. The minimum Gasteiger partial charge on any atom is -0.381 e. The Balaban J connectivity index is 0.00000181. The molecular weight excluding hydrogens is 582 g/mol. The summed E-state index contributed by atoms with van der Waals surface area (Å²) in [6, 6.07) is 16.6. The van der Waals surface area contributed by atoms with Crippen LogP contribution in [0.4, 0.5) is 8.78 Å². The molecule has 3 aromatic carbocycles. The largest absolute Gasteiger partial charge is 0.381 e. The Hall–Kier alpha value is -3.58. The fraction of sp³-hybridized carbons (Fsp3) is 0.487. The molecule has 7 heteroatoms. The third-order valence-corrected chi connectivity index (χ3v) is 7.97. The average Bonchev–Trinajstić information content (AvgIpc) is 3.90. The number of amides is 2. The lowest BCUT2D eigenvalue weighted by molar-refractivity contribution is 0.0755. The van der Waals surface area contributed by atoms with Crippen molar-refractivity contribution in [3.05, 3.63) is 106 Å². The Bertz CT molecular complexity index is 1360. The summed E-state index contributed by atoms with van der Waals surface area (Å²) < 4.78 is 33.9. The number of carbonyl (C=O) groups is 2. The third kappa shape index (κ3) is 13.0. The molecule has 250 valence electrons. The quantitative estimate of drug-likeness (QED) is 0.161. The number of carbonyl (C=O) groups excluding carboxylic acids is 2. The highest BCUT2D eigenvalue weighted by atomic mass is 19.1. The second kappa shape index (κ2) is 19.2. The van der Waals surface area contributed by atoms with Gasteiger partial charge in [-0.15, -0.1) is 0 Å². The first-order chi connectivity index (χ1) is 22.1. The molecule has 0 bridgehead atoms. The van der Waals surface area contributed by atoms with Crippen LogP contribution >= 0.6 is 0 Å². The lowest BCUT2D eigenvalue weighted by atomic mass is 9.92. The molecule has 0 aliphatic heterocycles. The van der Waals surface area contributed by atoms with Gasteiger partial charge in [-0.1, -0.05) is 69.9 Å². The maximum Gasteiger partial charge on any atom is 0.253 e. The van der Waals surface area contributed by atoms with Gasteiger partial charge in [0.2, 0.25) is 0 Å². The van der Waals surface area contributed by atoms with E-state index < -0.39 is 17.7 Å². The zero-order valence-electron chi connectivity index (χ0n) is 28.3. The van der Waals surface area contributed by atoms with E-state index in [0.29, 0.717) is 49.4 Å². The monoisotopic (exact) mass is 634 g/mol. The molecule has 2 atom stereocenters. The molecule has 46 heavy (non-hydrogen) atoms. The number of benzene rings is 3. The minimum absolute atomic E-state index is 0.0508. The summed E-state index contributed by atoms with van der Waals surface area (Å²) >= 11 is 0. The number of halogens is 2. The van der Waals surface area contributed by atoms with Crippen molar-refractivity contribution < 1.29 is 23.1 Å². The van der Waals surface area contributed by atoms with Crippen molar-refractivity contribution in [3.8, 4) is 0 Å². The van der Waals surface area contributed by atoms with Gasteiger partial charge in [0.05, 0.1) is 6.61 Å². The molecule has 1 aliphatic rings. The van der Waals surface area contributed by atoms with Crippen LogP contribution in [-0.4, -0.2) is 49.1 Å². The smallest absolute Gasteiger partial charge is 0.253 e. The molecule has 0 radical (unpaired) electrons. The Morgan fingerprint density at radius 2 is 1.41 bits per heavy atom. The van der Waals surface area contributed by atoms with Crippen LogP contribution < -0.4 is 5.32 Å². The lowest BCUT2D eigenvalue weighted by Gasteiger charge is -2.26. The maximum atomic E-state index is 14.0. The van der Waals surface area contributed by atoms with Crippen molar-refractivity contribution in [2.45, 2.75) is 92.0 Å². The number of rotatable bonds is 16. The van der Waals surface area contributed by atoms with Gasteiger partial charge in [0.1, 0.15) is 11.6 Å². The lowest BCUT2D eigenvalue weighted by Crippen LogP contribution is -2.41. The molecule has 2 amide bonds. The highest BCUT2D eigenvalue weighted by Gasteiger charge is 2.23. The number of nitrogens with zero attached hydrogens (tertiary/aromatic N) is 1. The molecule has 0 heterocycles. The van der Waals surface area contributed by atoms with E-state index in [9.17, 15) is 18.4 Å². The molecule has 1 saturated carbocycles. The second-order valence-corrected chi connectivity index (χ2v) is 12.6. The van der Waals surface area contributed by atoms with Gasteiger partial charge in [-0.25, -0.2) is 8.78 Å². The zero-order valence-corrected chi connectivity index (χ0v) is 28.3. The Kier molecular flexibility index (Phi) is 15.4. The predicted molar refractivity (Wildman–Crippen MR) is 182 cm³/mol. The average molecular weight is 635 g/mol. The van der Waals surface area contributed by atoms with Gasteiger partial charge in [0.15, 0.2) is 0 Å². The maximum absolute atomic E-state index is 14.0. The summed E-state index contributed by atoms with van der Waals surface area (Å²) in [5.41, 5.74) is 4.56. The molecule has 0 spiro atoms. The Morgan fingerprint density at radius 3 is 2.00 bits per heavy atom. The standard InChI is InChI=1S/C36H46F2N2O3.C3H6/c1-6-14-40(15-7-2)36(42)31-19-26(4)18-30(23-31)35(41)39-34(22-29-20-32(37)24-33(38)21-29)27(5)12-16-43-17-13-28-10-8-25(3)9-11-28;1-2-3-1/h8-11,18-21,23-24,27,34H,6-7,12-17,22H2,1-5H3,(H,39,41);1-3H2. The highest BCUT2D eigenvalue weighted by molar-refractivity contribution is 6.00. The topological polar surface area (TPSA) is 58.6 Å². The van der Waals surface area contributed by atoms with E-state index in [1.165, 1.54) is 42.5 Å². The van der Waals surface area contributed by atoms with Crippen molar-refractivity contribution in [1.82, 2.24) is 10.2 Å². The normalized spacial score (nSPS) is 13.3. The number of hydrogen-bond acceptors (Lipinski definition) is 3. The van der Waals surface area contributed by atoms with Crippen LogP contribution in [0.5, 0.6) is 0 Å². The molecule has 1 fully saturated rings. The van der Waals surface area contributed by atoms with Gasteiger partial charge < -0.3 is 15.0 Å². The van der Waals surface area contributed by atoms with Crippen LogP contribution in [-0.2, 0) is 17.6 Å². The molecule has 0 aromatic heterocycles. The first kappa shape index (κ1) is 36.9. The van der Waals surface area contributed by atoms with Crippen LogP contribution in [0, 0.1) is 31.4 Å². The van der Waals surface area contributed by atoms with Crippen LogP contribution in [0.3, 0.4) is 0 Å². The Labute approximate surface area is 274 Å². The van der Waals surface area contributed by atoms with Crippen LogP contribution in [0.25, 0.3) is 0 Å². The Morgan fingerprint density at radius 1 is 0.804 bits per heavy atom. The van der Waals surface area contributed by atoms with Crippen LogP contribution in [0.2, 0.25) is 0 Å². The zero-order chi connectivity index (χ0) is 33.5. The first-order valence-corrected chi connectivity index (χ1v) is 16.9. The van der Waals surface area contributed by atoms with Gasteiger partial charge >= 0.3 is 0 Å². The predicted octanol–water partition coefficient (Wildman–Crippen LogP) is 8.64. The highest BCUT2D eigenvalue weighted by Crippen LogP contribution is 2.19. The van der Waals surface area contributed by atoms with Crippen LogP contribution in [0.1, 0.15) is 102 Å². The number of ether oxygens (including phenoxy) is 1.